The predicted molar refractivity (Wildman–Crippen MR) is 48.7 cm³/mol. The first kappa shape index (κ1) is 8.26. The minimum absolute atomic E-state index is 0.274. The molecule has 0 heterocycles. The highest BCUT2D eigenvalue weighted by Crippen LogP contribution is 2.38. The quantitative estimate of drug-likeness (QED) is 0.713. The summed E-state index contributed by atoms with van der Waals surface area (Å²) in [4.78, 5) is 10.5. The smallest absolute Gasteiger partial charge is 0.335 e. The van der Waals surface area contributed by atoms with Crippen LogP contribution < -0.4 is 5.73 Å². The van der Waals surface area contributed by atoms with Gasteiger partial charge < -0.3 is 10.8 Å². The first-order valence-electron chi connectivity index (χ1n) is 4.27. The number of rotatable bonds is 2. The van der Waals surface area contributed by atoms with Gasteiger partial charge in [0.25, 0.3) is 0 Å². The van der Waals surface area contributed by atoms with Crippen LogP contribution in [0, 0.1) is 0 Å². The normalized spacial score (nSPS) is 25.6. The van der Waals surface area contributed by atoms with Crippen LogP contribution >= 0.6 is 0 Å². The molecule has 1 aromatic carbocycles. The molecule has 2 unspecified atom stereocenters. The van der Waals surface area contributed by atoms with Crippen LogP contribution in [0.3, 0.4) is 0 Å². The van der Waals surface area contributed by atoms with E-state index in [1.54, 1.807) is 12.1 Å². The molecule has 0 bridgehead atoms. The summed E-state index contributed by atoms with van der Waals surface area (Å²) >= 11 is 0. The predicted octanol–water partition coefficient (Wildman–Crippen LogP) is 1.20. The van der Waals surface area contributed by atoms with E-state index in [0.717, 1.165) is 12.0 Å². The van der Waals surface area contributed by atoms with Gasteiger partial charge in [-0.3, -0.25) is 0 Å². The Morgan fingerprint density at radius 3 is 2.31 bits per heavy atom. The number of aromatic carboxylic acids is 1. The van der Waals surface area contributed by atoms with Gasteiger partial charge in [-0.1, -0.05) is 12.1 Å². The molecule has 1 fully saturated rings. The third-order valence-corrected chi connectivity index (χ3v) is 2.43. The van der Waals surface area contributed by atoms with Gasteiger partial charge in [-0.15, -0.1) is 0 Å². The maximum Gasteiger partial charge on any atom is 0.335 e. The Hall–Kier alpha value is -1.35. The lowest BCUT2D eigenvalue weighted by molar-refractivity contribution is 0.0697. The zero-order valence-corrected chi connectivity index (χ0v) is 7.10. The van der Waals surface area contributed by atoms with Gasteiger partial charge in [0, 0.05) is 12.0 Å². The van der Waals surface area contributed by atoms with E-state index in [1.165, 1.54) is 0 Å². The van der Waals surface area contributed by atoms with E-state index >= 15 is 0 Å². The van der Waals surface area contributed by atoms with Gasteiger partial charge in [-0.05, 0) is 24.1 Å². The van der Waals surface area contributed by atoms with Crippen molar-refractivity contribution in [1.29, 1.82) is 0 Å². The fourth-order valence-electron chi connectivity index (χ4n) is 1.47. The summed E-state index contributed by atoms with van der Waals surface area (Å²) in [6.07, 6.45) is 1.02. The monoisotopic (exact) mass is 177 g/mol. The summed E-state index contributed by atoms with van der Waals surface area (Å²) < 4.78 is 0. The number of benzene rings is 1. The minimum atomic E-state index is -0.883. The molecule has 1 aliphatic carbocycles. The SMILES string of the molecule is NC1CC1c1ccc(C(=O)O)cc1. The largest absolute Gasteiger partial charge is 0.478 e. The lowest BCUT2D eigenvalue weighted by Gasteiger charge is -1.98. The molecular weight excluding hydrogens is 166 g/mol. The molecule has 2 rings (SSSR count). The van der Waals surface area contributed by atoms with Crippen LogP contribution in [0.4, 0.5) is 0 Å². The molecule has 1 aromatic rings. The molecule has 0 radical (unpaired) electrons. The molecular formula is C10H11NO2. The summed E-state index contributed by atoms with van der Waals surface area (Å²) in [5.74, 6) is -0.436. The van der Waals surface area contributed by atoms with Gasteiger partial charge in [-0.25, -0.2) is 4.79 Å². The number of carboxylic acid groups (broad SMARTS) is 1. The zero-order valence-electron chi connectivity index (χ0n) is 7.10. The van der Waals surface area contributed by atoms with Crippen LogP contribution in [-0.4, -0.2) is 17.1 Å². The second-order valence-corrected chi connectivity index (χ2v) is 3.43. The van der Waals surface area contributed by atoms with Crippen molar-refractivity contribution in [2.45, 2.75) is 18.4 Å². The zero-order chi connectivity index (χ0) is 9.42. The number of carbonyl (C=O) groups is 1. The van der Waals surface area contributed by atoms with Gasteiger partial charge in [0.15, 0.2) is 0 Å². The van der Waals surface area contributed by atoms with Gasteiger partial charge in [-0.2, -0.15) is 0 Å². The second-order valence-electron chi connectivity index (χ2n) is 3.43. The topological polar surface area (TPSA) is 63.3 Å². The minimum Gasteiger partial charge on any atom is -0.478 e. The van der Waals surface area contributed by atoms with E-state index in [4.69, 9.17) is 10.8 Å². The van der Waals surface area contributed by atoms with Gasteiger partial charge in [0.2, 0.25) is 0 Å². The molecule has 0 spiro atoms. The average Bonchev–Trinajstić information content (AvgIpc) is 2.83. The Balaban J connectivity index is 2.19. The Kier molecular flexibility index (Phi) is 1.81. The van der Waals surface area contributed by atoms with Gasteiger partial charge in [0.05, 0.1) is 5.56 Å². The van der Waals surface area contributed by atoms with E-state index in [-0.39, 0.29) is 6.04 Å². The van der Waals surface area contributed by atoms with Crippen molar-refractivity contribution in [2.24, 2.45) is 5.73 Å². The van der Waals surface area contributed by atoms with E-state index in [9.17, 15) is 4.79 Å². The molecule has 3 N–H and O–H groups in total. The molecule has 0 aromatic heterocycles. The molecule has 0 saturated heterocycles. The van der Waals surface area contributed by atoms with Crippen LogP contribution in [0.1, 0.15) is 28.3 Å². The third-order valence-electron chi connectivity index (χ3n) is 2.43. The molecule has 3 heteroatoms. The number of nitrogens with two attached hydrogens (primary N) is 1. The van der Waals surface area contributed by atoms with Crippen LogP contribution in [0.2, 0.25) is 0 Å². The summed E-state index contributed by atoms with van der Waals surface area (Å²) in [7, 11) is 0. The maximum atomic E-state index is 10.5. The van der Waals surface area contributed by atoms with Crippen LogP contribution in [-0.2, 0) is 0 Å². The van der Waals surface area contributed by atoms with Gasteiger partial charge in [0.1, 0.15) is 0 Å². The highest BCUT2D eigenvalue weighted by molar-refractivity contribution is 5.87. The first-order chi connectivity index (χ1) is 6.18. The van der Waals surface area contributed by atoms with E-state index in [2.05, 4.69) is 0 Å². The average molecular weight is 177 g/mol. The van der Waals surface area contributed by atoms with Crippen molar-refractivity contribution < 1.29 is 9.90 Å². The second kappa shape index (κ2) is 2.85. The first-order valence-corrected chi connectivity index (χ1v) is 4.27. The van der Waals surface area contributed by atoms with Crippen molar-refractivity contribution >= 4 is 5.97 Å². The molecule has 13 heavy (non-hydrogen) atoms. The van der Waals surface area contributed by atoms with Gasteiger partial charge >= 0.3 is 5.97 Å². The van der Waals surface area contributed by atoms with Crippen molar-refractivity contribution in [3.63, 3.8) is 0 Å². The highest BCUT2D eigenvalue weighted by atomic mass is 16.4. The number of hydrogen-bond donors (Lipinski definition) is 2. The van der Waals surface area contributed by atoms with Crippen molar-refractivity contribution in [2.75, 3.05) is 0 Å². The van der Waals surface area contributed by atoms with Crippen LogP contribution in [0.5, 0.6) is 0 Å². The molecule has 0 amide bonds. The molecule has 0 aliphatic heterocycles. The molecule has 1 aliphatic rings. The lowest BCUT2D eigenvalue weighted by atomic mass is 10.1. The standard InChI is InChI=1S/C10H11NO2/c11-9-5-8(9)6-1-3-7(4-2-6)10(12)13/h1-4,8-9H,5,11H2,(H,12,13). The summed E-state index contributed by atoms with van der Waals surface area (Å²) in [6, 6.07) is 7.23. The van der Waals surface area contributed by atoms with E-state index in [0.29, 0.717) is 11.5 Å². The fraction of sp³-hybridized carbons (Fsp3) is 0.300. The molecule has 3 nitrogen and oxygen atoms in total. The maximum absolute atomic E-state index is 10.5. The summed E-state index contributed by atoms with van der Waals surface area (Å²) in [6.45, 7) is 0. The Morgan fingerprint density at radius 2 is 1.92 bits per heavy atom. The van der Waals surface area contributed by atoms with Crippen molar-refractivity contribution in [3.8, 4) is 0 Å². The lowest BCUT2D eigenvalue weighted by Crippen LogP contribution is -2.01. The Bertz CT molecular complexity index is 331. The Morgan fingerprint density at radius 1 is 1.38 bits per heavy atom. The van der Waals surface area contributed by atoms with E-state index < -0.39 is 5.97 Å². The molecule has 2 atom stereocenters. The van der Waals surface area contributed by atoms with E-state index in [1.807, 2.05) is 12.1 Å². The molecule has 1 saturated carbocycles. The van der Waals surface area contributed by atoms with Crippen LogP contribution in [0.25, 0.3) is 0 Å². The number of hydrogen-bond acceptors (Lipinski definition) is 2. The fourth-order valence-corrected chi connectivity index (χ4v) is 1.47. The van der Waals surface area contributed by atoms with Crippen LogP contribution in [0.15, 0.2) is 24.3 Å². The number of carboxylic acids is 1. The van der Waals surface area contributed by atoms with Crippen molar-refractivity contribution in [1.82, 2.24) is 0 Å². The van der Waals surface area contributed by atoms with Crippen molar-refractivity contribution in [3.05, 3.63) is 35.4 Å². The summed E-state index contributed by atoms with van der Waals surface area (Å²) in [5.41, 5.74) is 7.16. The third kappa shape index (κ3) is 1.55. The molecule has 68 valence electrons. The summed E-state index contributed by atoms with van der Waals surface area (Å²) in [5, 5.41) is 8.66. The Labute approximate surface area is 76.2 Å². The highest BCUT2D eigenvalue weighted by Gasteiger charge is 2.34.